The lowest BCUT2D eigenvalue weighted by atomic mass is 9.90. The predicted molar refractivity (Wildman–Crippen MR) is 76.1 cm³/mol. The Bertz CT molecular complexity index is 503. The zero-order chi connectivity index (χ0) is 14.1. The highest BCUT2D eigenvalue weighted by Gasteiger charge is 2.32. The number of carboxylic acids is 1. The van der Waals surface area contributed by atoms with Gasteiger partial charge in [0.15, 0.2) is 5.69 Å². The molecule has 20 heavy (non-hydrogen) atoms. The molecule has 0 spiro atoms. The normalized spacial score (nSPS) is 22.9. The number of carboxylic acid groups (broad SMARTS) is 1. The first-order chi connectivity index (χ1) is 9.70. The van der Waals surface area contributed by atoms with Gasteiger partial charge in [0.25, 0.3) is 0 Å². The average Bonchev–Trinajstić information content (AvgIpc) is 3.06. The number of fused-ring (bicyclic) bond motifs is 1. The van der Waals surface area contributed by atoms with Crippen molar-refractivity contribution in [2.45, 2.75) is 58.0 Å². The second-order valence-electron chi connectivity index (χ2n) is 5.94. The van der Waals surface area contributed by atoms with Gasteiger partial charge in [-0.25, -0.2) is 4.79 Å². The molecule has 1 fully saturated rings. The minimum absolute atomic E-state index is 0.289. The molecule has 1 atom stereocenters. The molecule has 110 valence electrons. The summed E-state index contributed by atoms with van der Waals surface area (Å²) in [7, 11) is 0. The molecule has 1 aromatic heterocycles. The van der Waals surface area contributed by atoms with Crippen LogP contribution in [0.4, 0.5) is 0 Å². The summed E-state index contributed by atoms with van der Waals surface area (Å²) in [6.07, 6.45) is 6.52. The van der Waals surface area contributed by atoms with Gasteiger partial charge in [-0.05, 0) is 51.6 Å². The number of aryl methyl sites for hydroxylation is 1. The molecule has 0 unspecified atom stereocenters. The Hall–Kier alpha value is -1.36. The van der Waals surface area contributed by atoms with E-state index in [1.807, 2.05) is 4.68 Å². The van der Waals surface area contributed by atoms with Gasteiger partial charge < -0.3 is 10.0 Å². The van der Waals surface area contributed by atoms with E-state index in [0.29, 0.717) is 6.04 Å². The molecule has 3 rings (SSSR count). The molecule has 2 aliphatic rings. The Morgan fingerprint density at radius 2 is 2.15 bits per heavy atom. The van der Waals surface area contributed by atoms with E-state index in [1.165, 1.54) is 31.6 Å². The lowest BCUT2D eigenvalue weighted by Crippen LogP contribution is -2.37. The van der Waals surface area contributed by atoms with Gasteiger partial charge in [0.2, 0.25) is 0 Å². The zero-order valence-corrected chi connectivity index (χ0v) is 12.1. The van der Waals surface area contributed by atoms with Crippen LogP contribution in [0.15, 0.2) is 0 Å². The van der Waals surface area contributed by atoms with E-state index in [9.17, 15) is 9.90 Å². The van der Waals surface area contributed by atoms with Gasteiger partial charge in [-0.3, -0.25) is 4.68 Å². The summed E-state index contributed by atoms with van der Waals surface area (Å²) in [5.74, 6) is -0.877. The third-order valence-electron chi connectivity index (χ3n) is 4.62. The van der Waals surface area contributed by atoms with Crippen LogP contribution in [-0.4, -0.2) is 44.9 Å². The molecule has 1 N–H and O–H groups in total. The number of hydrogen-bond acceptors (Lipinski definition) is 3. The van der Waals surface area contributed by atoms with Gasteiger partial charge in [0.1, 0.15) is 0 Å². The number of rotatable bonds is 4. The van der Waals surface area contributed by atoms with Crippen molar-refractivity contribution in [3.8, 4) is 0 Å². The lowest BCUT2D eigenvalue weighted by Gasteiger charge is -2.31. The maximum absolute atomic E-state index is 11.4. The first kappa shape index (κ1) is 13.6. The zero-order valence-electron chi connectivity index (χ0n) is 12.1. The van der Waals surface area contributed by atoms with Crippen LogP contribution >= 0.6 is 0 Å². The number of nitrogens with zero attached hydrogens (tertiary/aromatic N) is 3. The van der Waals surface area contributed by atoms with E-state index in [0.717, 1.165) is 37.8 Å². The summed E-state index contributed by atoms with van der Waals surface area (Å²) >= 11 is 0. The van der Waals surface area contributed by atoms with Crippen molar-refractivity contribution in [2.24, 2.45) is 0 Å². The highest BCUT2D eigenvalue weighted by Crippen LogP contribution is 2.29. The number of carbonyl (C=O) groups is 1. The highest BCUT2D eigenvalue weighted by molar-refractivity contribution is 5.87. The Morgan fingerprint density at radius 3 is 2.80 bits per heavy atom. The highest BCUT2D eigenvalue weighted by atomic mass is 16.4. The molecule has 0 aromatic carbocycles. The van der Waals surface area contributed by atoms with Gasteiger partial charge >= 0.3 is 5.97 Å². The molecule has 2 heterocycles. The molecule has 0 radical (unpaired) electrons. The van der Waals surface area contributed by atoms with E-state index in [1.54, 1.807) is 0 Å². The standard InChI is InChI=1S/C15H23N3O2/c1-2-7-18-13-6-5-11(17-8-3-4-9-17)10-12(13)14(16-18)15(19)20/h11H,2-10H2,1H3,(H,19,20)/t11-/m1/s1. The number of hydrogen-bond donors (Lipinski definition) is 1. The van der Waals surface area contributed by atoms with Gasteiger partial charge in [0, 0.05) is 23.8 Å². The molecule has 0 saturated carbocycles. The second-order valence-corrected chi connectivity index (χ2v) is 5.94. The SMILES string of the molecule is CCCn1nc(C(=O)O)c2c1CC[C@@H](N1CCCC1)C2. The van der Waals surface area contributed by atoms with Crippen LogP contribution in [0.1, 0.15) is 54.4 Å². The average molecular weight is 277 g/mol. The second kappa shape index (κ2) is 5.56. The molecule has 1 saturated heterocycles. The molecule has 0 bridgehead atoms. The Kier molecular flexibility index (Phi) is 3.78. The van der Waals surface area contributed by atoms with Crippen LogP contribution in [0.2, 0.25) is 0 Å². The molecule has 1 aliphatic heterocycles. The van der Waals surface area contributed by atoms with Crippen LogP contribution in [0.25, 0.3) is 0 Å². The summed E-state index contributed by atoms with van der Waals surface area (Å²) in [6, 6.07) is 0.516. The van der Waals surface area contributed by atoms with E-state index >= 15 is 0 Å². The predicted octanol–water partition coefficient (Wildman–Crippen LogP) is 1.94. The fourth-order valence-corrected chi connectivity index (χ4v) is 3.66. The first-order valence-corrected chi connectivity index (χ1v) is 7.76. The molecule has 5 heteroatoms. The number of aromatic nitrogens is 2. The van der Waals surface area contributed by atoms with Crippen molar-refractivity contribution in [1.29, 1.82) is 0 Å². The van der Waals surface area contributed by atoms with Crippen molar-refractivity contribution >= 4 is 5.97 Å². The molecule has 1 aromatic rings. The maximum atomic E-state index is 11.4. The van der Waals surface area contributed by atoms with Gasteiger partial charge in [-0.15, -0.1) is 0 Å². The van der Waals surface area contributed by atoms with Crippen molar-refractivity contribution < 1.29 is 9.90 Å². The van der Waals surface area contributed by atoms with Crippen LogP contribution in [-0.2, 0) is 19.4 Å². The van der Waals surface area contributed by atoms with Crippen molar-refractivity contribution in [3.05, 3.63) is 17.0 Å². The van der Waals surface area contributed by atoms with E-state index in [4.69, 9.17) is 0 Å². The largest absolute Gasteiger partial charge is 0.476 e. The van der Waals surface area contributed by atoms with Crippen LogP contribution in [0.5, 0.6) is 0 Å². The molecule has 1 aliphatic carbocycles. The third kappa shape index (κ3) is 2.35. The fraction of sp³-hybridized carbons (Fsp3) is 0.733. The van der Waals surface area contributed by atoms with E-state index in [-0.39, 0.29) is 5.69 Å². The minimum atomic E-state index is -0.877. The van der Waals surface area contributed by atoms with Gasteiger partial charge in [-0.2, -0.15) is 5.10 Å². The molecular formula is C15H23N3O2. The van der Waals surface area contributed by atoms with E-state index in [2.05, 4.69) is 16.9 Å². The number of likely N-dealkylation sites (tertiary alicyclic amines) is 1. The summed E-state index contributed by atoms with van der Waals surface area (Å²) in [5.41, 5.74) is 2.45. The smallest absolute Gasteiger partial charge is 0.356 e. The van der Waals surface area contributed by atoms with Crippen LogP contribution < -0.4 is 0 Å². The van der Waals surface area contributed by atoms with Crippen molar-refractivity contribution in [2.75, 3.05) is 13.1 Å². The topological polar surface area (TPSA) is 58.4 Å². The van der Waals surface area contributed by atoms with Crippen molar-refractivity contribution in [3.63, 3.8) is 0 Å². The van der Waals surface area contributed by atoms with Crippen LogP contribution in [0, 0.1) is 0 Å². The van der Waals surface area contributed by atoms with Crippen molar-refractivity contribution in [1.82, 2.24) is 14.7 Å². The minimum Gasteiger partial charge on any atom is -0.476 e. The van der Waals surface area contributed by atoms with Gasteiger partial charge in [-0.1, -0.05) is 6.92 Å². The quantitative estimate of drug-likeness (QED) is 0.914. The first-order valence-electron chi connectivity index (χ1n) is 7.76. The summed E-state index contributed by atoms with van der Waals surface area (Å²) in [6.45, 7) is 5.27. The Labute approximate surface area is 119 Å². The Balaban J connectivity index is 1.88. The van der Waals surface area contributed by atoms with Gasteiger partial charge in [0.05, 0.1) is 0 Å². The third-order valence-corrected chi connectivity index (χ3v) is 4.62. The Morgan fingerprint density at radius 1 is 1.40 bits per heavy atom. The molecule has 5 nitrogen and oxygen atoms in total. The molecule has 0 amide bonds. The fourth-order valence-electron chi connectivity index (χ4n) is 3.66. The lowest BCUT2D eigenvalue weighted by molar-refractivity contribution is 0.0687. The number of aromatic carboxylic acids is 1. The summed E-state index contributed by atoms with van der Waals surface area (Å²) in [4.78, 5) is 14.0. The monoisotopic (exact) mass is 277 g/mol. The van der Waals surface area contributed by atoms with Crippen LogP contribution in [0.3, 0.4) is 0 Å². The summed E-state index contributed by atoms with van der Waals surface area (Å²) < 4.78 is 1.93. The van der Waals surface area contributed by atoms with E-state index < -0.39 is 5.97 Å². The molecular weight excluding hydrogens is 254 g/mol. The maximum Gasteiger partial charge on any atom is 0.356 e. The summed E-state index contributed by atoms with van der Waals surface area (Å²) in [5, 5.41) is 13.7.